The smallest absolute Gasteiger partial charge is 0.263 e. The number of aromatic nitrogens is 4. The van der Waals surface area contributed by atoms with E-state index in [4.69, 9.17) is 0 Å². The minimum atomic E-state index is -3.81. The number of hydrogen-bond donors (Lipinski definition) is 2. The average Bonchev–Trinajstić information content (AvgIpc) is 3.23. The van der Waals surface area contributed by atoms with Crippen molar-refractivity contribution >= 4 is 60.8 Å². The fourth-order valence-electron chi connectivity index (χ4n) is 3.22. The Labute approximate surface area is 209 Å². The number of sulfonamides is 1. The second-order valence-corrected chi connectivity index (χ2v) is 11.3. The maximum atomic E-state index is 12.7. The molecule has 0 aliphatic carbocycles. The van der Waals surface area contributed by atoms with Crippen molar-refractivity contribution in [2.45, 2.75) is 36.9 Å². The van der Waals surface area contributed by atoms with E-state index in [1.165, 1.54) is 36.0 Å². The second kappa shape index (κ2) is 10.5. The summed E-state index contributed by atoms with van der Waals surface area (Å²) in [5.74, 6) is 0.190. The summed E-state index contributed by atoms with van der Waals surface area (Å²) in [6, 6.07) is 13.0. The predicted octanol–water partition coefficient (Wildman–Crippen LogP) is 3.50. The first kappa shape index (κ1) is 24.8. The first-order valence-electron chi connectivity index (χ1n) is 10.6. The molecule has 10 nitrogen and oxygen atoms in total. The lowest BCUT2D eigenvalue weighted by Gasteiger charge is -2.11. The zero-order valence-electron chi connectivity index (χ0n) is 18.9. The third-order valence-corrected chi connectivity index (χ3v) is 8.12. The molecule has 0 radical (unpaired) electrons. The van der Waals surface area contributed by atoms with Crippen LogP contribution in [0.5, 0.6) is 0 Å². The summed E-state index contributed by atoms with van der Waals surface area (Å²) < 4.78 is 29.0. The van der Waals surface area contributed by atoms with Gasteiger partial charge in [0.15, 0.2) is 5.16 Å². The van der Waals surface area contributed by atoms with Crippen LogP contribution in [0.25, 0.3) is 10.9 Å². The Morgan fingerprint density at radius 1 is 1.11 bits per heavy atom. The van der Waals surface area contributed by atoms with Crippen LogP contribution >= 0.6 is 23.1 Å². The molecule has 4 rings (SSSR count). The number of para-hydroxylation sites is 1. The van der Waals surface area contributed by atoms with Gasteiger partial charge in [0.05, 0.1) is 15.8 Å². The molecule has 0 fully saturated rings. The number of carbonyl (C=O) groups excluding carboxylic acids is 1. The molecule has 2 aromatic heterocycles. The molecule has 0 spiro atoms. The zero-order chi connectivity index (χ0) is 25.0. The summed E-state index contributed by atoms with van der Waals surface area (Å²) in [6.07, 6.45) is 0.190. The van der Waals surface area contributed by atoms with Crippen LogP contribution in [0.4, 0.5) is 10.8 Å². The number of benzene rings is 2. The van der Waals surface area contributed by atoms with E-state index in [1.54, 1.807) is 29.7 Å². The van der Waals surface area contributed by atoms with E-state index in [9.17, 15) is 18.0 Å². The molecule has 4 aromatic rings. The molecule has 182 valence electrons. The highest BCUT2D eigenvalue weighted by molar-refractivity contribution is 7.99. The first-order chi connectivity index (χ1) is 16.8. The van der Waals surface area contributed by atoms with E-state index in [0.717, 1.165) is 11.3 Å². The van der Waals surface area contributed by atoms with Crippen molar-refractivity contribution < 1.29 is 13.2 Å². The van der Waals surface area contributed by atoms with Gasteiger partial charge in [-0.1, -0.05) is 35.2 Å². The van der Waals surface area contributed by atoms with Crippen LogP contribution in [-0.2, 0) is 21.4 Å². The van der Waals surface area contributed by atoms with E-state index in [1.807, 2.05) is 13.0 Å². The standard InChI is InChI=1S/C22H22N6O4S3/c1-3-28-20(30)17-6-4-5-7-18(17)24-22(28)33-13-12-19(29)23-15-8-10-16(11-9-15)35(31,32)27-21-26-25-14(2)34-21/h4-11H,3,12-13H2,1-2H3,(H,23,29)(H,26,27). The molecule has 0 unspecified atom stereocenters. The van der Waals surface area contributed by atoms with Gasteiger partial charge in [0.2, 0.25) is 11.0 Å². The lowest BCUT2D eigenvalue weighted by molar-refractivity contribution is -0.115. The van der Waals surface area contributed by atoms with Crippen molar-refractivity contribution in [3.8, 4) is 0 Å². The number of aryl methyl sites for hydroxylation is 1. The van der Waals surface area contributed by atoms with Gasteiger partial charge in [0, 0.05) is 24.4 Å². The van der Waals surface area contributed by atoms with Crippen LogP contribution in [0, 0.1) is 6.92 Å². The Balaban J connectivity index is 1.35. The first-order valence-corrected chi connectivity index (χ1v) is 13.9. The van der Waals surface area contributed by atoms with E-state index in [0.29, 0.717) is 39.1 Å². The number of nitrogens with zero attached hydrogens (tertiary/aromatic N) is 4. The molecular weight excluding hydrogens is 508 g/mol. The monoisotopic (exact) mass is 530 g/mol. The molecule has 0 saturated heterocycles. The van der Waals surface area contributed by atoms with Crippen LogP contribution in [0.1, 0.15) is 18.4 Å². The van der Waals surface area contributed by atoms with Gasteiger partial charge in [0.1, 0.15) is 5.01 Å². The Kier molecular flexibility index (Phi) is 7.48. The van der Waals surface area contributed by atoms with Crippen molar-refractivity contribution in [3.05, 3.63) is 63.9 Å². The fraction of sp³-hybridized carbons (Fsp3) is 0.227. The number of fused-ring (bicyclic) bond motifs is 1. The van der Waals surface area contributed by atoms with Gasteiger partial charge in [-0.05, 0) is 50.2 Å². The van der Waals surface area contributed by atoms with Crippen LogP contribution in [0.3, 0.4) is 0 Å². The van der Waals surface area contributed by atoms with Gasteiger partial charge in [-0.2, -0.15) is 0 Å². The van der Waals surface area contributed by atoms with E-state index >= 15 is 0 Å². The highest BCUT2D eigenvalue weighted by Gasteiger charge is 2.17. The Hall–Kier alpha value is -3.29. The minimum Gasteiger partial charge on any atom is -0.326 e. The van der Waals surface area contributed by atoms with Crippen molar-refractivity contribution in [1.29, 1.82) is 0 Å². The van der Waals surface area contributed by atoms with E-state index in [2.05, 4.69) is 25.2 Å². The second-order valence-electron chi connectivity index (χ2n) is 7.36. The van der Waals surface area contributed by atoms with Gasteiger partial charge in [-0.25, -0.2) is 13.4 Å². The van der Waals surface area contributed by atoms with Crippen LogP contribution in [0.15, 0.2) is 63.4 Å². The molecule has 2 aromatic carbocycles. The average molecular weight is 531 g/mol. The third kappa shape index (κ3) is 5.86. The molecule has 35 heavy (non-hydrogen) atoms. The molecule has 0 atom stereocenters. The molecule has 0 aliphatic heterocycles. The summed E-state index contributed by atoms with van der Waals surface area (Å²) in [5.41, 5.74) is 0.996. The third-order valence-electron chi connectivity index (χ3n) is 4.90. The maximum Gasteiger partial charge on any atom is 0.263 e. The number of amides is 1. The maximum absolute atomic E-state index is 12.7. The highest BCUT2D eigenvalue weighted by atomic mass is 32.2. The topological polar surface area (TPSA) is 136 Å². The number of anilines is 2. The summed E-state index contributed by atoms with van der Waals surface area (Å²) in [5, 5.41) is 12.3. The lowest BCUT2D eigenvalue weighted by atomic mass is 10.2. The summed E-state index contributed by atoms with van der Waals surface area (Å²) in [7, 11) is -3.81. The Morgan fingerprint density at radius 3 is 2.54 bits per heavy atom. The van der Waals surface area contributed by atoms with Crippen LogP contribution in [-0.4, -0.2) is 39.8 Å². The quantitative estimate of drug-likeness (QED) is 0.248. The minimum absolute atomic E-state index is 0.0406. The molecule has 0 aliphatic rings. The van der Waals surface area contributed by atoms with Crippen molar-refractivity contribution in [1.82, 2.24) is 19.7 Å². The van der Waals surface area contributed by atoms with Crippen LogP contribution in [0.2, 0.25) is 0 Å². The largest absolute Gasteiger partial charge is 0.326 e. The number of thioether (sulfide) groups is 1. The van der Waals surface area contributed by atoms with Gasteiger partial charge in [0.25, 0.3) is 15.6 Å². The molecular formula is C22H22N6O4S3. The normalized spacial score (nSPS) is 11.5. The zero-order valence-corrected chi connectivity index (χ0v) is 21.3. The highest BCUT2D eigenvalue weighted by Crippen LogP contribution is 2.22. The van der Waals surface area contributed by atoms with Gasteiger partial charge in [-0.15, -0.1) is 10.2 Å². The Morgan fingerprint density at radius 2 is 1.86 bits per heavy atom. The SMILES string of the molecule is CCn1c(SCCC(=O)Nc2ccc(S(=O)(=O)Nc3nnc(C)s3)cc2)nc2ccccc2c1=O. The van der Waals surface area contributed by atoms with Crippen molar-refractivity contribution in [2.75, 3.05) is 15.8 Å². The van der Waals surface area contributed by atoms with Gasteiger partial charge >= 0.3 is 0 Å². The van der Waals surface area contributed by atoms with Crippen molar-refractivity contribution in [2.24, 2.45) is 0 Å². The molecule has 2 heterocycles. The molecule has 2 N–H and O–H groups in total. The van der Waals surface area contributed by atoms with E-state index < -0.39 is 10.0 Å². The number of nitrogens with one attached hydrogen (secondary N) is 2. The summed E-state index contributed by atoms with van der Waals surface area (Å²) in [4.78, 5) is 29.7. The van der Waals surface area contributed by atoms with E-state index in [-0.39, 0.29) is 27.9 Å². The molecule has 13 heteroatoms. The Bertz CT molecular complexity index is 1530. The molecule has 0 saturated carbocycles. The number of rotatable bonds is 9. The van der Waals surface area contributed by atoms with Gasteiger partial charge < -0.3 is 5.32 Å². The molecule has 1 amide bonds. The summed E-state index contributed by atoms with van der Waals surface area (Å²) in [6.45, 7) is 4.09. The van der Waals surface area contributed by atoms with Gasteiger partial charge in [-0.3, -0.25) is 18.9 Å². The lowest BCUT2D eigenvalue weighted by Crippen LogP contribution is -2.22. The van der Waals surface area contributed by atoms with Crippen LogP contribution < -0.4 is 15.6 Å². The number of carbonyl (C=O) groups is 1. The van der Waals surface area contributed by atoms with Crippen molar-refractivity contribution in [3.63, 3.8) is 0 Å². The number of hydrogen-bond acceptors (Lipinski definition) is 9. The molecule has 0 bridgehead atoms. The predicted molar refractivity (Wildman–Crippen MR) is 138 cm³/mol. The fourth-order valence-corrected chi connectivity index (χ4v) is 6.05. The summed E-state index contributed by atoms with van der Waals surface area (Å²) >= 11 is 2.48.